The van der Waals surface area contributed by atoms with Crippen LogP contribution in [0.4, 0.5) is 10.5 Å². The summed E-state index contributed by atoms with van der Waals surface area (Å²) in [4.78, 5) is 46.2. The maximum absolute atomic E-state index is 13.6. The van der Waals surface area contributed by atoms with Gasteiger partial charge >= 0.3 is 6.09 Å². The van der Waals surface area contributed by atoms with Crippen molar-refractivity contribution < 1.29 is 23.9 Å². The lowest BCUT2D eigenvalue weighted by molar-refractivity contribution is -0.122. The number of piperidine rings is 1. The molecule has 1 fully saturated rings. The van der Waals surface area contributed by atoms with Crippen LogP contribution in [0, 0.1) is 0 Å². The van der Waals surface area contributed by atoms with Crippen LogP contribution in [0.5, 0.6) is 0 Å². The van der Waals surface area contributed by atoms with Gasteiger partial charge in [0.1, 0.15) is 11.6 Å². The minimum atomic E-state index is -1.04. The van der Waals surface area contributed by atoms with Gasteiger partial charge in [-0.1, -0.05) is 83.5 Å². The number of nitrogens with zero attached hydrogens (tertiary/aromatic N) is 2. The summed E-state index contributed by atoms with van der Waals surface area (Å²) in [7, 11) is 0. The predicted octanol–water partition coefficient (Wildman–Crippen LogP) is 8.43. The number of hydrogen-bond donors (Lipinski definition) is 3. The van der Waals surface area contributed by atoms with Gasteiger partial charge in [-0.2, -0.15) is 0 Å². The molecule has 1 aliphatic rings. The summed E-state index contributed by atoms with van der Waals surface area (Å²) >= 11 is 15.1. The van der Waals surface area contributed by atoms with E-state index in [0.717, 1.165) is 59.2 Å². The van der Waals surface area contributed by atoms with Gasteiger partial charge in [-0.05, 0) is 75.9 Å². The number of carbonyl (C=O) groups is 3. The summed E-state index contributed by atoms with van der Waals surface area (Å²) in [5, 5.41) is 11.8. The highest BCUT2D eigenvalue weighted by molar-refractivity contribution is 8.01. The van der Waals surface area contributed by atoms with Crippen molar-refractivity contribution in [3.8, 4) is 11.3 Å². The van der Waals surface area contributed by atoms with E-state index in [1.807, 2.05) is 72.1 Å². The first-order chi connectivity index (χ1) is 25.3. The number of aromatic nitrogens is 1. The average Bonchev–Trinajstić information content (AvgIpc) is 3.60. The van der Waals surface area contributed by atoms with E-state index in [1.54, 1.807) is 33.8 Å². The van der Waals surface area contributed by atoms with Gasteiger partial charge in [-0.15, -0.1) is 11.3 Å². The van der Waals surface area contributed by atoms with Crippen LogP contribution >= 0.6 is 46.3 Å². The minimum Gasteiger partial charge on any atom is -0.444 e. The molecular formula is C39H45Cl2N5O5S2. The first-order valence-corrected chi connectivity index (χ1v) is 20.0. The maximum Gasteiger partial charge on any atom is 0.408 e. The molecular weight excluding hydrogens is 753 g/mol. The summed E-state index contributed by atoms with van der Waals surface area (Å²) in [5.41, 5.74) is 3.38. The van der Waals surface area contributed by atoms with Crippen molar-refractivity contribution in [1.29, 1.82) is 0 Å². The smallest absolute Gasteiger partial charge is 0.408 e. The Morgan fingerprint density at radius 1 is 0.981 bits per heavy atom. The fourth-order valence-corrected chi connectivity index (χ4v) is 7.66. The maximum atomic E-state index is 13.6. The number of thioether (sulfide) groups is 1. The molecule has 2 heterocycles. The van der Waals surface area contributed by atoms with E-state index in [0.29, 0.717) is 15.7 Å². The number of hydrogen-bond acceptors (Lipinski definition) is 9. The fraction of sp³-hybridized carbons (Fsp3) is 0.385. The third-order valence-corrected chi connectivity index (χ3v) is 11.1. The van der Waals surface area contributed by atoms with E-state index in [1.165, 1.54) is 23.1 Å². The van der Waals surface area contributed by atoms with E-state index >= 15 is 0 Å². The number of halogens is 2. The Hall–Kier alpha value is -3.65. The minimum absolute atomic E-state index is 0.0177. The monoisotopic (exact) mass is 797 g/mol. The molecule has 2 unspecified atom stereocenters. The molecule has 3 N–H and O–H groups in total. The topological polar surface area (TPSA) is 122 Å². The molecule has 53 heavy (non-hydrogen) atoms. The lowest BCUT2D eigenvalue weighted by Gasteiger charge is -2.32. The van der Waals surface area contributed by atoms with Gasteiger partial charge < -0.3 is 25.4 Å². The molecule has 2 atom stereocenters. The highest BCUT2D eigenvalue weighted by atomic mass is 35.5. The molecule has 282 valence electrons. The van der Waals surface area contributed by atoms with E-state index in [9.17, 15) is 14.4 Å². The van der Waals surface area contributed by atoms with Crippen LogP contribution < -0.4 is 16.0 Å². The quantitative estimate of drug-likeness (QED) is 0.109. The second kappa shape index (κ2) is 19.1. The molecule has 1 aromatic heterocycles. The van der Waals surface area contributed by atoms with Crippen LogP contribution in [0.2, 0.25) is 10.0 Å². The number of ether oxygens (including phenoxy) is 2. The Bertz CT molecular complexity index is 1850. The number of nitrogens with one attached hydrogen (secondary N) is 3. The van der Waals surface area contributed by atoms with Crippen LogP contribution in [-0.2, 0) is 32.2 Å². The number of benzene rings is 3. The van der Waals surface area contributed by atoms with Gasteiger partial charge in [0.2, 0.25) is 11.8 Å². The summed E-state index contributed by atoms with van der Waals surface area (Å²) < 4.78 is 12.2. The van der Waals surface area contributed by atoms with Crippen molar-refractivity contribution >= 4 is 69.9 Å². The van der Waals surface area contributed by atoms with Crippen molar-refractivity contribution in [1.82, 2.24) is 20.5 Å². The number of anilines is 1. The van der Waals surface area contributed by atoms with Crippen molar-refractivity contribution in [2.45, 2.75) is 81.8 Å². The number of thiazole rings is 1. The second-order valence-electron chi connectivity index (χ2n) is 13.8. The Kier molecular flexibility index (Phi) is 14.6. The van der Waals surface area contributed by atoms with Crippen molar-refractivity contribution in [2.75, 3.05) is 24.2 Å². The summed E-state index contributed by atoms with van der Waals surface area (Å²) in [6.45, 7) is 9.84. The van der Waals surface area contributed by atoms with Gasteiger partial charge in [0.25, 0.3) is 0 Å². The molecule has 0 radical (unpaired) electrons. The molecule has 0 saturated carbocycles. The molecule has 3 amide bonds. The van der Waals surface area contributed by atoms with Crippen LogP contribution in [0.15, 0.2) is 82.5 Å². The Balaban J connectivity index is 1.12. The average molecular weight is 799 g/mol. The molecule has 4 aromatic rings. The molecule has 0 bridgehead atoms. The van der Waals surface area contributed by atoms with Crippen LogP contribution in [0.1, 0.15) is 51.7 Å². The second-order valence-corrected chi connectivity index (χ2v) is 16.7. The highest BCUT2D eigenvalue weighted by Crippen LogP contribution is 2.30. The molecule has 1 saturated heterocycles. The third-order valence-electron chi connectivity index (χ3n) is 8.36. The molecule has 10 nitrogen and oxygen atoms in total. The van der Waals surface area contributed by atoms with Crippen LogP contribution in [-0.4, -0.2) is 70.4 Å². The van der Waals surface area contributed by atoms with Crippen molar-refractivity contribution in [3.63, 3.8) is 0 Å². The first kappa shape index (κ1) is 40.5. The van der Waals surface area contributed by atoms with Crippen LogP contribution in [0.3, 0.4) is 0 Å². The number of alkyl carbamates (subject to hydrolysis) is 1. The van der Waals surface area contributed by atoms with Gasteiger partial charge in [0.15, 0.2) is 4.34 Å². The van der Waals surface area contributed by atoms with E-state index in [-0.39, 0.29) is 24.3 Å². The lowest BCUT2D eigenvalue weighted by Crippen LogP contribution is -2.52. The van der Waals surface area contributed by atoms with E-state index in [2.05, 4.69) is 20.9 Å². The standard InChI is InChI=1S/C39H45Cl2N5O5S2/c1-25(50-22-26-9-6-5-7-10-26)35(45-37(49)51-39(2,3)4)36(48)43-30-12-8-11-28(20-30)33-23-52-38(44-33)53-24-34(47)42-29-15-17-46(18-16-29)21-27-13-14-31(40)32(41)19-27/h5-14,19-20,23,25,29,35H,15-18,21-22,24H2,1-4H3,(H,42,47)(H,43,48)(H,45,49). The largest absolute Gasteiger partial charge is 0.444 e. The lowest BCUT2D eigenvalue weighted by atomic mass is 10.0. The zero-order chi connectivity index (χ0) is 38.0. The Labute approximate surface area is 329 Å². The number of carbonyl (C=O) groups excluding carboxylic acids is 3. The third kappa shape index (κ3) is 13.0. The number of rotatable bonds is 14. The Morgan fingerprint density at radius 3 is 2.45 bits per heavy atom. The SMILES string of the molecule is CC(OCc1ccccc1)C(NC(=O)OC(C)(C)C)C(=O)Nc1cccc(-c2csc(SCC(=O)NC3CCN(Cc4ccc(Cl)c(Cl)c4)CC3)n2)c1. The highest BCUT2D eigenvalue weighted by Gasteiger charge is 2.30. The zero-order valence-electron chi connectivity index (χ0n) is 30.2. The van der Waals surface area contributed by atoms with Gasteiger partial charge in [0.05, 0.1) is 34.2 Å². The zero-order valence-corrected chi connectivity index (χ0v) is 33.3. The van der Waals surface area contributed by atoms with Gasteiger partial charge in [0, 0.05) is 42.3 Å². The molecule has 0 aliphatic carbocycles. The van der Waals surface area contributed by atoms with Crippen LogP contribution in [0.25, 0.3) is 11.3 Å². The van der Waals surface area contributed by atoms with E-state index in [4.69, 9.17) is 37.7 Å². The Morgan fingerprint density at radius 2 is 1.74 bits per heavy atom. The summed E-state index contributed by atoms with van der Waals surface area (Å²) in [5.74, 6) is -0.203. The summed E-state index contributed by atoms with van der Waals surface area (Å²) in [6.07, 6.45) is 0.367. The normalized spacial score (nSPS) is 15.0. The number of likely N-dealkylation sites (tertiary alicyclic amines) is 1. The van der Waals surface area contributed by atoms with Crippen molar-refractivity contribution in [2.24, 2.45) is 0 Å². The van der Waals surface area contributed by atoms with E-state index < -0.39 is 29.7 Å². The fourth-order valence-electron chi connectivity index (χ4n) is 5.69. The molecule has 14 heteroatoms. The predicted molar refractivity (Wildman–Crippen MR) is 214 cm³/mol. The van der Waals surface area contributed by atoms with Gasteiger partial charge in [-0.25, -0.2) is 9.78 Å². The van der Waals surface area contributed by atoms with Crippen molar-refractivity contribution in [3.05, 3.63) is 99.3 Å². The van der Waals surface area contributed by atoms with Gasteiger partial charge in [-0.3, -0.25) is 14.5 Å². The number of amides is 3. The molecule has 3 aromatic carbocycles. The molecule has 1 aliphatic heterocycles. The summed E-state index contributed by atoms with van der Waals surface area (Å²) in [6, 6.07) is 21.7. The molecule has 5 rings (SSSR count). The first-order valence-electron chi connectivity index (χ1n) is 17.4. The molecule has 0 spiro atoms.